The summed E-state index contributed by atoms with van der Waals surface area (Å²) in [4.78, 5) is 16.7. The van der Waals surface area contributed by atoms with Gasteiger partial charge in [-0.15, -0.1) is 6.58 Å². The monoisotopic (exact) mass is 264 g/mol. The van der Waals surface area contributed by atoms with Crippen molar-refractivity contribution in [2.75, 3.05) is 32.8 Å². The lowest BCUT2D eigenvalue weighted by Crippen LogP contribution is -2.55. The molecule has 3 saturated heterocycles. The third-order valence-corrected chi connectivity index (χ3v) is 5.14. The second-order valence-corrected chi connectivity index (χ2v) is 6.07. The van der Waals surface area contributed by atoms with Crippen molar-refractivity contribution in [1.82, 2.24) is 9.80 Å². The van der Waals surface area contributed by atoms with E-state index in [1.807, 2.05) is 6.08 Å². The van der Waals surface area contributed by atoms with Gasteiger partial charge in [0.1, 0.15) is 0 Å². The van der Waals surface area contributed by atoms with Crippen molar-refractivity contribution in [1.29, 1.82) is 0 Å². The van der Waals surface area contributed by atoms with Gasteiger partial charge in [-0.25, -0.2) is 0 Å². The summed E-state index contributed by atoms with van der Waals surface area (Å²) in [6, 6.07) is 0.613. The van der Waals surface area contributed by atoms with Crippen molar-refractivity contribution in [3.05, 3.63) is 12.7 Å². The molecule has 0 aromatic heterocycles. The first-order valence-electron chi connectivity index (χ1n) is 7.48. The van der Waals surface area contributed by atoms with Gasteiger partial charge in [-0.1, -0.05) is 6.08 Å². The molecule has 3 rings (SSSR count). The number of carbonyl (C=O) groups is 1. The third-order valence-electron chi connectivity index (χ3n) is 5.14. The normalized spacial score (nSPS) is 31.3. The summed E-state index contributed by atoms with van der Waals surface area (Å²) < 4.78 is 5.48. The highest BCUT2D eigenvalue weighted by Crippen LogP contribution is 2.39. The molecule has 4 heteroatoms. The number of nitrogens with zero attached hydrogens (tertiary/aromatic N) is 2. The summed E-state index contributed by atoms with van der Waals surface area (Å²) in [6.07, 6.45) is 7.02. The smallest absolute Gasteiger partial charge is 0.223 e. The number of likely N-dealkylation sites (tertiary alicyclic amines) is 2. The molecule has 1 spiro atoms. The zero-order chi connectivity index (χ0) is 13.3. The molecule has 1 amide bonds. The number of piperidine rings is 1. The van der Waals surface area contributed by atoms with Crippen LogP contribution in [0.2, 0.25) is 0 Å². The van der Waals surface area contributed by atoms with Gasteiger partial charge < -0.3 is 9.64 Å². The molecular formula is C15H24N2O2. The molecule has 0 N–H and O–H groups in total. The maximum atomic E-state index is 12.0. The van der Waals surface area contributed by atoms with Gasteiger partial charge in [0, 0.05) is 44.2 Å². The highest BCUT2D eigenvalue weighted by molar-refractivity contribution is 5.80. The molecule has 19 heavy (non-hydrogen) atoms. The minimum atomic E-state index is 0.126. The quantitative estimate of drug-likeness (QED) is 0.723. The average Bonchev–Trinajstić information content (AvgIpc) is 3.05. The first kappa shape index (κ1) is 13.1. The Labute approximate surface area is 115 Å². The van der Waals surface area contributed by atoms with E-state index in [1.54, 1.807) is 0 Å². The van der Waals surface area contributed by atoms with Crippen LogP contribution < -0.4 is 0 Å². The number of carbonyl (C=O) groups excluding carboxylic acids is 1. The van der Waals surface area contributed by atoms with Gasteiger partial charge in [0.15, 0.2) is 0 Å². The van der Waals surface area contributed by atoms with E-state index in [9.17, 15) is 4.79 Å². The fourth-order valence-electron chi connectivity index (χ4n) is 3.93. The first-order chi connectivity index (χ1) is 9.25. The van der Waals surface area contributed by atoms with E-state index in [-0.39, 0.29) is 5.54 Å². The predicted octanol–water partition coefficient (Wildman–Crippen LogP) is 1.42. The van der Waals surface area contributed by atoms with Crippen molar-refractivity contribution in [3.63, 3.8) is 0 Å². The van der Waals surface area contributed by atoms with Gasteiger partial charge in [0.05, 0.1) is 6.61 Å². The minimum absolute atomic E-state index is 0.126. The van der Waals surface area contributed by atoms with Gasteiger partial charge in [-0.05, 0) is 25.7 Å². The molecule has 3 fully saturated rings. The van der Waals surface area contributed by atoms with Crippen molar-refractivity contribution in [3.8, 4) is 0 Å². The highest BCUT2D eigenvalue weighted by atomic mass is 16.5. The minimum Gasteiger partial charge on any atom is -0.380 e. The molecule has 3 heterocycles. The Hall–Kier alpha value is -0.870. The Bertz CT molecular complexity index is 355. The van der Waals surface area contributed by atoms with Crippen LogP contribution in [0.25, 0.3) is 0 Å². The lowest BCUT2D eigenvalue weighted by molar-refractivity contribution is -0.131. The van der Waals surface area contributed by atoms with Crippen molar-refractivity contribution < 1.29 is 9.53 Å². The Morgan fingerprint density at radius 3 is 2.79 bits per heavy atom. The summed E-state index contributed by atoms with van der Waals surface area (Å²) in [5.41, 5.74) is 0.126. The van der Waals surface area contributed by atoms with Crippen LogP contribution in [0, 0.1) is 0 Å². The molecule has 3 aliphatic rings. The molecule has 106 valence electrons. The number of rotatable bonds is 3. The summed E-state index contributed by atoms with van der Waals surface area (Å²) in [5, 5.41) is 0. The van der Waals surface area contributed by atoms with E-state index >= 15 is 0 Å². The van der Waals surface area contributed by atoms with E-state index in [0.29, 0.717) is 18.5 Å². The highest BCUT2D eigenvalue weighted by Gasteiger charge is 2.46. The molecule has 0 aliphatic carbocycles. The van der Waals surface area contributed by atoms with Gasteiger partial charge in [0.2, 0.25) is 5.91 Å². The third kappa shape index (κ3) is 2.32. The van der Waals surface area contributed by atoms with Crippen LogP contribution in [0.3, 0.4) is 0 Å². The predicted molar refractivity (Wildman–Crippen MR) is 73.9 cm³/mol. The van der Waals surface area contributed by atoms with E-state index in [4.69, 9.17) is 4.74 Å². The Balaban J connectivity index is 1.64. The van der Waals surface area contributed by atoms with E-state index in [2.05, 4.69) is 16.4 Å². The number of hydrogen-bond acceptors (Lipinski definition) is 3. The van der Waals surface area contributed by atoms with E-state index in [1.165, 1.54) is 6.42 Å². The summed E-state index contributed by atoms with van der Waals surface area (Å²) in [6.45, 7) is 8.52. The van der Waals surface area contributed by atoms with Crippen LogP contribution in [0.15, 0.2) is 12.7 Å². The van der Waals surface area contributed by atoms with Crippen molar-refractivity contribution >= 4 is 5.91 Å². The fraction of sp³-hybridized carbons (Fsp3) is 0.800. The zero-order valence-corrected chi connectivity index (χ0v) is 11.6. The topological polar surface area (TPSA) is 32.8 Å². The van der Waals surface area contributed by atoms with Crippen LogP contribution in [-0.4, -0.2) is 60.1 Å². The number of hydrogen-bond donors (Lipinski definition) is 0. The summed E-state index contributed by atoms with van der Waals surface area (Å²) in [7, 11) is 0. The molecule has 0 aromatic carbocycles. The van der Waals surface area contributed by atoms with Crippen LogP contribution >= 0.6 is 0 Å². The molecule has 0 aromatic rings. The largest absolute Gasteiger partial charge is 0.380 e. The summed E-state index contributed by atoms with van der Waals surface area (Å²) >= 11 is 0. The Morgan fingerprint density at radius 1 is 1.37 bits per heavy atom. The second kappa shape index (κ2) is 5.25. The van der Waals surface area contributed by atoms with Gasteiger partial charge in [-0.2, -0.15) is 0 Å². The molecule has 1 atom stereocenters. The van der Waals surface area contributed by atoms with Crippen molar-refractivity contribution in [2.45, 2.75) is 43.7 Å². The number of amides is 1. The van der Waals surface area contributed by atoms with Gasteiger partial charge >= 0.3 is 0 Å². The lowest BCUT2D eigenvalue weighted by Gasteiger charge is -2.46. The van der Waals surface area contributed by atoms with Gasteiger partial charge in [-0.3, -0.25) is 9.69 Å². The molecular weight excluding hydrogens is 240 g/mol. The molecule has 3 aliphatic heterocycles. The molecule has 0 unspecified atom stereocenters. The van der Waals surface area contributed by atoms with Crippen LogP contribution in [0.4, 0.5) is 0 Å². The fourth-order valence-corrected chi connectivity index (χ4v) is 3.93. The molecule has 0 radical (unpaired) electrons. The van der Waals surface area contributed by atoms with Crippen molar-refractivity contribution in [2.24, 2.45) is 0 Å². The second-order valence-electron chi connectivity index (χ2n) is 6.07. The van der Waals surface area contributed by atoms with E-state index < -0.39 is 0 Å². The SMILES string of the molecule is C=CCN1C(=O)CCC12CCN([C@H]1CCOC1)CC2. The van der Waals surface area contributed by atoms with Gasteiger partial charge in [0.25, 0.3) is 0 Å². The lowest BCUT2D eigenvalue weighted by atomic mass is 9.84. The van der Waals surface area contributed by atoms with E-state index in [0.717, 1.165) is 52.0 Å². The zero-order valence-electron chi connectivity index (χ0n) is 11.6. The average molecular weight is 264 g/mol. The van der Waals surface area contributed by atoms with Crippen LogP contribution in [0.5, 0.6) is 0 Å². The Kier molecular flexibility index (Phi) is 3.63. The maximum absolute atomic E-state index is 12.0. The summed E-state index contributed by atoms with van der Waals surface area (Å²) in [5.74, 6) is 0.317. The molecule has 4 nitrogen and oxygen atoms in total. The number of ether oxygens (including phenoxy) is 1. The first-order valence-corrected chi connectivity index (χ1v) is 7.48. The maximum Gasteiger partial charge on any atom is 0.223 e. The van der Waals surface area contributed by atoms with Crippen LogP contribution in [-0.2, 0) is 9.53 Å². The Morgan fingerprint density at radius 2 is 2.16 bits per heavy atom. The molecule has 0 saturated carbocycles. The molecule has 0 bridgehead atoms. The van der Waals surface area contributed by atoms with Crippen LogP contribution in [0.1, 0.15) is 32.1 Å². The standard InChI is InChI=1S/C15H24N2O2/c1-2-8-17-14(18)3-5-15(17)6-9-16(10-7-15)13-4-11-19-12-13/h2,13H,1,3-12H2/t13-/m0/s1.